The summed E-state index contributed by atoms with van der Waals surface area (Å²) in [4.78, 5) is 27.5. The quantitative estimate of drug-likeness (QED) is 0.0647. The molecule has 0 saturated carbocycles. The number of thioether (sulfide) groups is 1. The van der Waals surface area contributed by atoms with E-state index in [9.17, 15) is 9.59 Å². The van der Waals surface area contributed by atoms with E-state index in [1.807, 2.05) is 145 Å². The Morgan fingerprint density at radius 2 is 1.27 bits per heavy atom. The lowest BCUT2D eigenvalue weighted by Gasteiger charge is -2.26. The van der Waals surface area contributed by atoms with E-state index in [0.29, 0.717) is 4.91 Å². The summed E-state index contributed by atoms with van der Waals surface area (Å²) in [6, 6.07) is 43.8. The summed E-state index contributed by atoms with van der Waals surface area (Å²) in [6.07, 6.45) is 3.57. The summed E-state index contributed by atoms with van der Waals surface area (Å²) in [5.41, 5.74) is 6.39. The SMILES string of the molecule is COc1ccc(N(c2ccc(/C=N/N(c3ccccc3)c3ccccc3)cc2)c2ccc(/C=C3/SC(=S)N(CC(=O)O)C3=O)cc2)cc1. The highest BCUT2D eigenvalue weighted by atomic mass is 32.2. The van der Waals surface area contributed by atoms with Crippen LogP contribution in [-0.4, -0.2) is 46.1 Å². The van der Waals surface area contributed by atoms with Crippen LogP contribution in [0, 0.1) is 0 Å². The first-order valence-electron chi connectivity index (χ1n) is 15.0. The van der Waals surface area contributed by atoms with Crippen LogP contribution in [0.2, 0.25) is 0 Å². The second kappa shape index (κ2) is 14.8. The van der Waals surface area contributed by atoms with E-state index in [0.717, 1.165) is 62.0 Å². The van der Waals surface area contributed by atoms with E-state index >= 15 is 0 Å². The highest BCUT2D eigenvalue weighted by molar-refractivity contribution is 8.26. The molecule has 0 bridgehead atoms. The molecule has 5 aromatic carbocycles. The molecule has 1 N–H and O–H groups in total. The number of rotatable bonds is 11. The number of amides is 1. The topological polar surface area (TPSA) is 85.7 Å². The van der Waals surface area contributed by atoms with Gasteiger partial charge in [-0.25, -0.2) is 5.01 Å². The maximum Gasteiger partial charge on any atom is 0.323 e. The van der Waals surface area contributed by atoms with Crippen LogP contribution in [0.1, 0.15) is 11.1 Å². The van der Waals surface area contributed by atoms with Gasteiger partial charge in [0.25, 0.3) is 5.91 Å². The number of para-hydroxylation sites is 2. The Balaban J connectivity index is 1.28. The number of anilines is 5. The van der Waals surface area contributed by atoms with Crippen molar-refractivity contribution in [2.24, 2.45) is 5.10 Å². The standard InChI is InChI=1S/C38H30N4O4S2/c1-46-34-22-20-31(21-23-34)41(29-16-12-27(13-17-29)24-35-37(45)40(26-36(43)44)38(47)48-35)30-18-14-28(15-19-30)25-39-42(32-8-4-2-5-9-32)33-10-6-3-7-11-33/h2-25H,26H2,1H3,(H,43,44)/b35-24+,39-25+. The number of hydrazone groups is 1. The molecule has 48 heavy (non-hydrogen) atoms. The second-order valence-corrected chi connectivity index (χ2v) is 12.3. The average Bonchev–Trinajstić information content (AvgIpc) is 3.37. The third-order valence-electron chi connectivity index (χ3n) is 7.42. The van der Waals surface area contributed by atoms with Gasteiger partial charge in [-0.1, -0.05) is 84.6 Å². The van der Waals surface area contributed by atoms with Gasteiger partial charge in [-0.15, -0.1) is 0 Å². The summed E-state index contributed by atoms with van der Waals surface area (Å²) >= 11 is 6.33. The Kier molecular flexibility index (Phi) is 9.94. The van der Waals surface area contributed by atoms with Crippen molar-refractivity contribution in [1.29, 1.82) is 0 Å². The summed E-state index contributed by atoms with van der Waals surface area (Å²) in [5.74, 6) is -0.769. The van der Waals surface area contributed by atoms with Crippen LogP contribution in [0.15, 0.2) is 143 Å². The van der Waals surface area contributed by atoms with Crippen LogP contribution in [0.4, 0.5) is 28.4 Å². The molecule has 0 radical (unpaired) electrons. The summed E-state index contributed by atoms with van der Waals surface area (Å²) in [7, 11) is 1.64. The lowest BCUT2D eigenvalue weighted by molar-refractivity contribution is -0.140. The minimum atomic E-state index is -1.11. The van der Waals surface area contributed by atoms with Crippen LogP contribution < -0.4 is 14.6 Å². The molecule has 0 spiro atoms. The van der Waals surface area contributed by atoms with Crippen LogP contribution in [0.25, 0.3) is 6.08 Å². The Hall–Kier alpha value is -5.71. The smallest absolute Gasteiger partial charge is 0.323 e. The molecule has 0 aromatic heterocycles. The van der Waals surface area contributed by atoms with Crippen molar-refractivity contribution in [2.75, 3.05) is 23.6 Å². The molecule has 0 atom stereocenters. The minimum absolute atomic E-state index is 0.234. The number of benzene rings is 5. The number of thiocarbonyl (C=S) groups is 1. The number of nitrogens with zero attached hydrogens (tertiary/aromatic N) is 4. The third kappa shape index (κ3) is 7.46. The van der Waals surface area contributed by atoms with Gasteiger partial charge < -0.3 is 14.7 Å². The van der Waals surface area contributed by atoms with Crippen LogP contribution in [0.5, 0.6) is 5.75 Å². The Bertz CT molecular complexity index is 1930. The average molecular weight is 671 g/mol. The third-order valence-corrected chi connectivity index (χ3v) is 8.80. The van der Waals surface area contributed by atoms with Crippen LogP contribution in [0.3, 0.4) is 0 Å². The van der Waals surface area contributed by atoms with Gasteiger partial charge in [-0.2, -0.15) is 5.10 Å². The molecule has 5 aromatic rings. The molecule has 1 aliphatic rings. The molecule has 1 saturated heterocycles. The fourth-order valence-corrected chi connectivity index (χ4v) is 6.33. The number of carboxylic acid groups (broad SMARTS) is 1. The number of carbonyl (C=O) groups is 2. The van der Waals surface area contributed by atoms with Gasteiger partial charge in [0.15, 0.2) is 0 Å². The zero-order valence-corrected chi connectivity index (χ0v) is 27.5. The maximum atomic E-state index is 12.8. The number of methoxy groups -OCH3 is 1. The number of aliphatic carboxylic acids is 1. The fraction of sp³-hybridized carbons (Fsp3) is 0.0526. The minimum Gasteiger partial charge on any atom is -0.497 e. The lowest BCUT2D eigenvalue weighted by Crippen LogP contribution is -2.33. The predicted octanol–water partition coefficient (Wildman–Crippen LogP) is 8.62. The van der Waals surface area contributed by atoms with Crippen molar-refractivity contribution in [3.05, 3.63) is 149 Å². The first-order chi connectivity index (χ1) is 23.4. The molecule has 1 amide bonds. The first-order valence-corrected chi connectivity index (χ1v) is 16.2. The molecule has 10 heteroatoms. The number of carbonyl (C=O) groups excluding carboxylic acids is 1. The molecule has 8 nitrogen and oxygen atoms in total. The van der Waals surface area contributed by atoms with E-state index in [1.54, 1.807) is 13.2 Å². The van der Waals surface area contributed by atoms with Gasteiger partial charge in [0, 0.05) is 17.1 Å². The monoisotopic (exact) mass is 670 g/mol. The van der Waals surface area contributed by atoms with Gasteiger partial charge in [0.2, 0.25) is 0 Å². The Morgan fingerprint density at radius 1 is 0.771 bits per heavy atom. The van der Waals surface area contributed by atoms with E-state index in [1.165, 1.54) is 0 Å². The van der Waals surface area contributed by atoms with E-state index in [-0.39, 0.29) is 4.32 Å². The highest BCUT2D eigenvalue weighted by Crippen LogP contribution is 2.37. The lowest BCUT2D eigenvalue weighted by atomic mass is 10.1. The number of ether oxygens (including phenoxy) is 1. The highest BCUT2D eigenvalue weighted by Gasteiger charge is 2.33. The summed E-state index contributed by atoms with van der Waals surface area (Å²) in [6.45, 7) is -0.458. The summed E-state index contributed by atoms with van der Waals surface area (Å²) in [5, 5.41) is 15.9. The van der Waals surface area contributed by atoms with Crippen LogP contribution in [-0.2, 0) is 9.59 Å². The molecule has 0 aliphatic carbocycles. The second-order valence-electron chi connectivity index (χ2n) is 10.6. The van der Waals surface area contributed by atoms with Gasteiger partial charge in [-0.3, -0.25) is 14.5 Å². The van der Waals surface area contributed by atoms with E-state index < -0.39 is 18.4 Å². The van der Waals surface area contributed by atoms with Gasteiger partial charge in [-0.05, 0) is 90.0 Å². The van der Waals surface area contributed by atoms with Gasteiger partial charge in [0.1, 0.15) is 16.6 Å². The maximum absolute atomic E-state index is 12.8. The van der Waals surface area contributed by atoms with E-state index in [4.69, 9.17) is 27.2 Å². The van der Waals surface area contributed by atoms with E-state index in [2.05, 4.69) is 4.90 Å². The first kappa shape index (κ1) is 32.2. The van der Waals surface area contributed by atoms with Crippen molar-refractivity contribution < 1.29 is 19.4 Å². The molecule has 1 heterocycles. The predicted molar refractivity (Wildman–Crippen MR) is 198 cm³/mol. The van der Waals surface area contributed by atoms with Crippen molar-refractivity contribution in [2.45, 2.75) is 0 Å². The molecule has 1 fully saturated rings. The normalized spacial score (nSPS) is 13.7. The molecular weight excluding hydrogens is 641 g/mol. The van der Waals surface area contributed by atoms with Crippen molar-refractivity contribution >= 4 is 80.9 Å². The number of hydrogen-bond donors (Lipinski definition) is 1. The van der Waals surface area contributed by atoms with Crippen molar-refractivity contribution in [3.8, 4) is 5.75 Å². The Labute approximate surface area is 288 Å². The fourth-order valence-electron chi connectivity index (χ4n) is 5.08. The number of hydrogen-bond acceptors (Lipinski definition) is 8. The molecule has 238 valence electrons. The van der Waals surface area contributed by atoms with Gasteiger partial charge in [0.05, 0.1) is 29.6 Å². The zero-order valence-electron chi connectivity index (χ0n) is 25.8. The number of carboxylic acids is 1. The summed E-state index contributed by atoms with van der Waals surface area (Å²) < 4.78 is 5.63. The van der Waals surface area contributed by atoms with Crippen molar-refractivity contribution in [3.63, 3.8) is 0 Å². The van der Waals surface area contributed by atoms with Gasteiger partial charge >= 0.3 is 5.97 Å². The van der Waals surface area contributed by atoms with Crippen molar-refractivity contribution in [1.82, 2.24) is 4.90 Å². The zero-order chi connectivity index (χ0) is 33.5. The molecular formula is C38H30N4O4S2. The molecule has 6 rings (SSSR count). The Morgan fingerprint density at radius 3 is 1.77 bits per heavy atom. The van der Waals surface area contributed by atoms with Crippen LogP contribution >= 0.6 is 24.0 Å². The molecule has 0 unspecified atom stereocenters. The molecule has 1 aliphatic heterocycles. The largest absolute Gasteiger partial charge is 0.497 e.